The smallest absolute Gasteiger partial charge is 0.176 e. The van der Waals surface area contributed by atoms with E-state index in [-0.39, 0.29) is 18.0 Å². The lowest BCUT2D eigenvalue weighted by molar-refractivity contribution is -0.154. The van der Waals surface area contributed by atoms with E-state index < -0.39 is 11.7 Å². The number of ketones is 2. The molecule has 1 saturated carbocycles. The van der Waals surface area contributed by atoms with Gasteiger partial charge in [-0.25, -0.2) is 0 Å². The van der Waals surface area contributed by atoms with Gasteiger partial charge < -0.3 is 9.47 Å². The second-order valence-corrected chi connectivity index (χ2v) is 4.74. The molecule has 108 valence electrons. The van der Waals surface area contributed by atoms with Crippen molar-refractivity contribution in [2.45, 2.75) is 32.5 Å². The molecule has 1 spiro atoms. The molecule has 2 aliphatic rings. The molecule has 1 aromatic carbocycles. The lowest BCUT2D eigenvalue weighted by atomic mass is 9.95. The monoisotopic (exact) mass is 276 g/mol. The Morgan fingerprint density at radius 2 is 1.75 bits per heavy atom. The summed E-state index contributed by atoms with van der Waals surface area (Å²) in [5.74, 6) is -1.65. The Kier molecular flexibility index (Phi) is 4.68. The first-order chi connectivity index (χ1) is 9.70. The zero-order valence-corrected chi connectivity index (χ0v) is 11.9. The third-order valence-corrected chi connectivity index (χ3v) is 3.54. The molecule has 4 heteroatoms. The van der Waals surface area contributed by atoms with Crippen LogP contribution in [0.15, 0.2) is 30.3 Å². The molecule has 1 aliphatic heterocycles. The quantitative estimate of drug-likeness (QED) is 0.615. The summed E-state index contributed by atoms with van der Waals surface area (Å²) >= 11 is 0. The van der Waals surface area contributed by atoms with Crippen molar-refractivity contribution in [3.8, 4) is 0 Å². The molecule has 1 atom stereocenters. The summed E-state index contributed by atoms with van der Waals surface area (Å²) in [7, 11) is 0. The molecular formula is C16H20O4. The highest BCUT2D eigenvalue weighted by atomic mass is 16.7. The largest absolute Gasteiger partial charge is 0.347 e. The zero-order chi connectivity index (χ0) is 14.6. The van der Waals surface area contributed by atoms with Gasteiger partial charge in [0, 0.05) is 12.0 Å². The molecule has 0 N–H and O–H groups in total. The van der Waals surface area contributed by atoms with Gasteiger partial charge in [-0.05, 0) is 0 Å². The van der Waals surface area contributed by atoms with Crippen LogP contribution < -0.4 is 0 Å². The van der Waals surface area contributed by atoms with Gasteiger partial charge in [0.05, 0.1) is 25.6 Å². The maximum atomic E-state index is 12.3. The van der Waals surface area contributed by atoms with E-state index in [1.165, 1.54) is 0 Å². The molecule has 0 bridgehead atoms. The number of rotatable bonds is 2. The molecule has 0 radical (unpaired) electrons. The van der Waals surface area contributed by atoms with Crippen LogP contribution in [0.4, 0.5) is 0 Å². The van der Waals surface area contributed by atoms with E-state index >= 15 is 0 Å². The van der Waals surface area contributed by atoms with Gasteiger partial charge in [-0.1, -0.05) is 44.2 Å². The zero-order valence-electron chi connectivity index (χ0n) is 11.9. The normalized spacial score (nSPS) is 23.5. The van der Waals surface area contributed by atoms with Crippen LogP contribution >= 0.6 is 0 Å². The molecular weight excluding hydrogens is 256 g/mol. The van der Waals surface area contributed by atoms with Crippen LogP contribution in [0.5, 0.6) is 0 Å². The third-order valence-electron chi connectivity index (χ3n) is 3.54. The summed E-state index contributed by atoms with van der Waals surface area (Å²) in [6.45, 7) is 5.00. The van der Waals surface area contributed by atoms with Crippen molar-refractivity contribution in [1.82, 2.24) is 0 Å². The van der Waals surface area contributed by atoms with Crippen molar-refractivity contribution < 1.29 is 19.1 Å². The number of Topliss-reactive ketones (excluding diaryl/α,β-unsaturated/α-hetero) is 2. The van der Waals surface area contributed by atoms with E-state index in [1.807, 2.05) is 19.9 Å². The maximum Gasteiger partial charge on any atom is 0.176 e. The van der Waals surface area contributed by atoms with Crippen LogP contribution in [0, 0.1) is 5.92 Å². The molecule has 1 aliphatic carbocycles. The first kappa shape index (κ1) is 14.9. The average Bonchev–Trinajstić information content (AvgIpc) is 3.08. The van der Waals surface area contributed by atoms with Gasteiger partial charge in [-0.15, -0.1) is 0 Å². The predicted molar refractivity (Wildman–Crippen MR) is 74.5 cm³/mol. The lowest BCUT2D eigenvalue weighted by Crippen LogP contribution is -2.27. The maximum absolute atomic E-state index is 12.3. The fourth-order valence-electron chi connectivity index (χ4n) is 2.65. The van der Waals surface area contributed by atoms with Gasteiger partial charge in [0.2, 0.25) is 0 Å². The van der Waals surface area contributed by atoms with Crippen LogP contribution in [0.25, 0.3) is 0 Å². The average molecular weight is 276 g/mol. The van der Waals surface area contributed by atoms with E-state index in [0.717, 1.165) is 0 Å². The van der Waals surface area contributed by atoms with Crippen molar-refractivity contribution in [3.63, 3.8) is 0 Å². The van der Waals surface area contributed by atoms with Gasteiger partial charge in [-0.3, -0.25) is 9.59 Å². The van der Waals surface area contributed by atoms with Crippen molar-refractivity contribution in [3.05, 3.63) is 35.9 Å². The molecule has 0 aromatic heterocycles. The predicted octanol–water partition coefficient (Wildman–Crippen LogP) is 2.62. The highest BCUT2D eigenvalue weighted by molar-refractivity contribution is 6.12. The molecule has 0 amide bonds. The van der Waals surface area contributed by atoms with Crippen molar-refractivity contribution in [1.29, 1.82) is 0 Å². The molecule has 20 heavy (non-hydrogen) atoms. The van der Waals surface area contributed by atoms with Gasteiger partial charge >= 0.3 is 0 Å². The summed E-state index contributed by atoms with van der Waals surface area (Å²) in [4.78, 5) is 24.2. The molecule has 1 heterocycles. The second kappa shape index (κ2) is 6.29. The molecule has 3 rings (SSSR count). The van der Waals surface area contributed by atoms with E-state index in [4.69, 9.17) is 9.47 Å². The number of ether oxygens (including phenoxy) is 2. The molecule has 1 aromatic rings. The topological polar surface area (TPSA) is 52.6 Å². The SMILES string of the molecule is CC.O=C1CC2(CC1C(=O)c1ccccc1)OCCO2. The van der Waals surface area contributed by atoms with Crippen LogP contribution in [-0.2, 0) is 14.3 Å². The number of carbonyl (C=O) groups is 2. The Morgan fingerprint density at radius 1 is 1.15 bits per heavy atom. The molecule has 1 saturated heterocycles. The second-order valence-electron chi connectivity index (χ2n) is 4.74. The minimum absolute atomic E-state index is 0.0780. The number of benzene rings is 1. The van der Waals surface area contributed by atoms with Gasteiger partial charge in [0.1, 0.15) is 5.78 Å². The number of hydrogen-bond donors (Lipinski definition) is 0. The number of carbonyl (C=O) groups excluding carboxylic acids is 2. The first-order valence-electron chi connectivity index (χ1n) is 7.10. The fraction of sp³-hybridized carbons (Fsp3) is 0.500. The van der Waals surface area contributed by atoms with Crippen LogP contribution in [0.2, 0.25) is 0 Å². The van der Waals surface area contributed by atoms with E-state index in [2.05, 4.69) is 0 Å². The van der Waals surface area contributed by atoms with Crippen molar-refractivity contribution in [2.24, 2.45) is 5.92 Å². The Morgan fingerprint density at radius 3 is 2.35 bits per heavy atom. The summed E-state index contributed by atoms with van der Waals surface area (Å²) < 4.78 is 11.0. The first-order valence-corrected chi connectivity index (χ1v) is 7.10. The fourth-order valence-corrected chi connectivity index (χ4v) is 2.65. The van der Waals surface area contributed by atoms with Crippen LogP contribution in [-0.4, -0.2) is 30.6 Å². The Labute approximate surface area is 119 Å². The van der Waals surface area contributed by atoms with E-state index in [1.54, 1.807) is 24.3 Å². The van der Waals surface area contributed by atoms with Crippen LogP contribution in [0.3, 0.4) is 0 Å². The molecule has 4 nitrogen and oxygen atoms in total. The summed E-state index contributed by atoms with van der Waals surface area (Å²) in [5, 5.41) is 0. The number of hydrogen-bond acceptors (Lipinski definition) is 4. The summed E-state index contributed by atoms with van der Waals surface area (Å²) in [5.41, 5.74) is 0.575. The van der Waals surface area contributed by atoms with Crippen molar-refractivity contribution in [2.75, 3.05) is 13.2 Å². The Bertz CT molecular complexity index is 475. The highest BCUT2D eigenvalue weighted by Crippen LogP contribution is 2.39. The minimum atomic E-state index is -0.827. The summed E-state index contributed by atoms with van der Waals surface area (Å²) in [6, 6.07) is 8.90. The van der Waals surface area contributed by atoms with Crippen molar-refractivity contribution >= 4 is 11.6 Å². The highest BCUT2D eigenvalue weighted by Gasteiger charge is 2.51. The van der Waals surface area contributed by atoms with Gasteiger partial charge in [-0.2, -0.15) is 0 Å². The summed E-state index contributed by atoms with van der Waals surface area (Å²) in [6.07, 6.45) is 0.538. The van der Waals surface area contributed by atoms with Crippen LogP contribution in [0.1, 0.15) is 37.0 Å². The lowest BCUT2D eigenvalue weighted by Gasteiger charge is -2.20. The third kappa shape index (κ3) is 2.81. The van der Waals surface area contributed by atoms with E-state index in [9.17, 15) is 9.59 Å². The van der Waals surface area contributed by atoms with Gasteiger partial charge in [0.25, 0.3) is 0 Å². The minimum Gasteiger partial charge on any atom is -0.347 e. The molecule has 1 unspecified atom stereocenters. The Balaban J connectivity index is 0.000000704. The molecule has 2 fully saturated rings. The van der Waals surface area contributed by atoms with Gasteiger partial charge in [0.15, 0.2) is 11.6 Å². The Hall–Kier alpha value is -1.52. The standard InChI is InChI=1S/C14H14O4.C2H6/c15-12-9-14(17-6-7-18-14)8-11(12)13(16)10-4-2-1-3-5-10;1-2/h1-5,11H,6-9H2;1-2H3. The van der Waals surface area contributed by atoms with E-state index in [0.29, 0.717) is 25.2 Å².